The molecule has 1 aromatic carbocycles. The van der Waals surface area contributed by atoms with Gasteiger partial charge in [0.15, 0.2) is 0 Å². The molecular formula is C10H10. The van der Waals surface area contributed by atoms with Crippen molar-refractivity contribution < 1.29 is 0 Å². The van der Waals surface area contributed by atoms with E-state index in [1.54, 1.807) is 0 Å². The molecule has 0 saturated heterocycles. The summed E-state index contributed by atoms with van der Waals surface area (Å²) in [7, 11) is 0. The van der Waals surface area contributed by atoms with Crippen LogP contribution in [0.2, 0.25) is 0 Å². The molecular weight excluding hydrogens is 120 g/mol. The Kier molecular flexibility index (Phi) is 2.12. The molecule has 0 saturated carbocycles. The molecule has 50 valence electrons. The maximum Gasteiger partial charge on any atom is 0.0340 e. The van der Waals surface area contributed by atoms with Crippen molar-refractivity contribution >= 4 is 0 Å². The molecule has 0 unspecified atom stereocenters. The standard InChI is InChI=1S/C10H10/c1-3-6-10-8-5-4-7-9(10)2/h1,4-5,7-8H,6H2,2H3. The molecule has 10 heavy (non-hydrogen) atoms. The van der Waals surface area contributed by atoms with E-state index in [1.807, 2.05) is 12.1 Å². The molecule has 0 bridgehead atoms. The lowest BCUT2D eigenvalue weighted by Crippen LogP contribution is -1.84. The molecule has 0 aliphatic rings. The molecule has 0 radical (unpaired) electrons. The average molecular weight is 130 g/mol. The number of hydrogen-bond acceptors (Lipinski definition) is 0. The van der Waals surface area contributed by atoms with Crippen LogP contribution in [0.25, 0.3) is 0 Å². The van der Waals surface area contributed by atoms with Crippen LogP contribution in [0.15, 0.2) is 24.3 Å². The van der Waals surface area contributed by atoms with Crippen molar-refractivity contribution in [2.75, 3.05) is 0 Å². The van der Waals surface area contributed by atoms with E-state index in [1.165, 1.54) is 11.1 Å². The lowest BCUT2D eigenvalue weighted by molar-refractivity contribution is 1.25. The summed E-state index contributed by atoms with van der Waals surface area (Å²) in [4.78, 5) is 0. The zero-order valence-corrected chi connectivity index (χ0v) is 6.09. The van der Waals surface area contributed by atoms with Crippen molar-refractivity contribution in [1.82, 2.24) is 0 Å². The second kappa shape index (κ2) is 3.08. The van der Waals surface area contributed by atoms with Gasteiger partial charge in [-0.15, -0.1) is 12.3 Å². The third kappa shape index (κ3) is 1.39. The van der Waals surface area contributed by atoms with Gasteiger partial charge in [0, 0.05) is 6.42 Å². The van der Waals surface area contributed by atoms with Gasteiger partial charge in [-0.2, -0.15) is 0 Å². The number of aryl methyl sites for hydroxylation is 1. The van der Waals surface area contributed by atoms with Gasteiger partial charge in [-0.25, -0.2) is 0 Å². The third-order valence-electron chi connectivity index (χ3n) is 1.55. The summed E-state index contributed by atoms with van der Waals surface area (Å²) in [6.07, 6.45) is 5.92. The van der Waals surface area contributed by atoms with Crippen LogP contribution in [0, 0.1) is 19.3 Å². The van der Waals surface area contributed by atoms with Gasteiger partial charge in [-0.1, -0.05) is 24.3 Å². The molecule has 0 amide bonds. The molecule has 0 aliphatic heterocycles. The summed E-state index contributed by atoms with van der Waals surface area (Å²) in [5, 5.41) is 0. The third-order valence-corrected chi connectivity index (χ3v) is 1.55. The highest BCUT2D eigenvalue weighted by molar-refractivity contribution is 5.28. The molecule has 1 rings (SSSR count). The number of hydrogen-bond donors (Lipinski definition) is 0. The average Bonchev–Trinajstić information content (AvgIpc) is 1.94. The molecule has 0 heterocycles. The first kappa shape index (κ1) is 6.89. The second-order valence-corrected chi connectivity index (χ2v) is 2.31. The maximum atomic E-state index is 5.18. The fourth-order valence-electron chi connectivity index (χ4n) is 0.918. The van der Waals surface area contributed by atoms with Gasteiger partial charge in [0.2, 0.25) is 0 Å². The summed E-state index contributed by atoms with van der Waals surface area (Å²) in [6.45, 7) is 2.08. The molecule has 1 aromatic rings. The second-order valence-electron chi connectivity index (χ2n) is 2.31. The highest BCUT2D eigenvalue weighted by Gasteiger charge is 1.91. The summed E-state index contributed by atoms with van der Waals surface area (Å²) in [5.74, 6) is 2.62. The van der Waals surface area contributed by atoms with Gasteiger partial charge < -0.3 is 0 Å². The van der Waals surface area contributed by atoms with Crippen LogP contribution in [-0.2, 0) is 6.42 Å². The van der Waals surface area contributed by atoms with Crippen LogP contribution in [-0.4, -0.2) is 0 Å². The fourth-order valence-corrected chi connectivity index (χ4v) is 0.918. The van der Waals surface area contributed by atoms with Gasteiger partial charge in [0.05, 0.1) is 0 Å². The Morgan fingerprint density at radius 2 is 2.10 bits per heavy atom. The quantitative estimate of drug-likeness (QED) is 0.511. The number of terminal acetylenes is 1. The molecule has 0 heteroatoms. The van der Waals surface area contributed by atoms with Crippen molar-refractivity contribution in [3.05, 3.63) is 35.4 Å². The zero-order valence-electron chi connectivity index (χ0n) is 6.09. The fraction of sp³-hybridized carbons (Fsp3) is 0.200. The summed E-state index contributed by atoms with van der Waals surface area (Å²) >= 11 is 0. The predicted molar refractivity (Wildman–Crippen MR) is 43.7 cm³/mol. The van der Waals surface area contributed by atoms with E-state index in [9.17, 15) is 0 Å². The zero-order chi connectivity index (χ0) is 7.40. The van der Waals surface area contributed by atoms with E-state index in [4.69, 9.17) is 6.42 Å². The van der Waals surface area contributed by atoms with Crippen molar-refractivity contribution in [3.8, 4) is 12.3 Å². The highest BCUT2D eigenvalue weighted by atomic mass is 14.0. The Hall–Kier alpha value is -1.22. The largest absolute Gasteiger partial charge is 0.120 e. The Balaban J connectivity index is 2.94. The first-order chi connectivity index (χ1) is 4.84. The Morgan fingerprint density at radius 3 is 2.70 bits per heavy atom. The lowest BCUT2D eigenvalue weighted by Gasteiger charge is -1.98. The molecule has 0 aromatic heterocycles. The maximum absolute atomic E-state index is 5.18. The normalized spacial score (nSPS) is 8.80. The van der Waals surface area contributed by atoms with Crippen molar-refractivity contribution in [1.29, 1.82) is 0 Å². The van der Waals surface area contributed by atoms with Gasteiger partial charge >= 0.3 is 0 Å². The van der Waals surface area contributed by atoms with E-state index in [0.717, 1.165) is 6.42 Å². The van der Waals surface area contributed by atoms with E-state index < -0.39 is 0 Å². The topological polar surface area (TPSA) is 0 Å². The van der Waals surface area contributed by atoms with E-state index >= 15 is 0 Å². The molecule has 0 N–H and O–H groups in total. The van der Waals surface area contributed by atoms with Gasteiger partial charge in [-0.05, 0) is 18.1 Å². The van der Waals surface area contributed by atoms with Crippen LogP contribution in [0.5, 0.6) is 0 Å². The predicted octanol–water partition coefficient (Wildman–Crippen LogP) is 2.17. The Morgan fingerprint density at radius 1 is 1.40 bits per heavy atom. The first-order valence-electron chi connectivity index (χ1n) is 3.32. The van der Waals surface area contributed by atoms with E-state index in [0.29, 0.717) is 0 Å². The minimum absolute atomic E-state index is 0.743. The van der Waals surface area contributed by atoms with Gasteiger partial charge in [0.1, 0.15) is 0 Å². The molecule has 0 nitrogen and oxygen atoms in total. The summed E-state index contributed by atoms with van der Waals surface area (Å²) < 4.78 is 0. The van der Waals surface area contributed by atoms with Crippen molar-refractivity contribution in [3.63, 3.8) is 0 Å². The van der Waals surface area contributed by atoms with Crippen LogP contribution < -0.4 is 0 Å². The van der Waals surface area contributed by atoms with E-state index in [-0.39, 0.29) is 0 Å². The number of benzene rings is 1. The first-order valence-corrected chi connectivity index (χ1v) is 3.32. The Labute approximate surface area is 61.9 Å². The van der Waals surface area contributed by atoms with Crippen molar-refractivity contribution in [2.24, 2.45) is 0 Å². The van der Waals surface area contributed by atoms with Crippen LogP contribution in [0.4, 0.5) is 0 Å². The van der Waals surface area contributed by atoms with Gasteiger partial charge in [0.25, 0.3) is 0 Å². The molecule has 0 fully saturated rings. The minimum Gasteiger partial charge on any atom is -0.120 e. The Bertz CT molecular complexity index is 253. The monoisotopic (exact) mass is 130 g/mol. The lowest BCUT2D eigenvalue weighted by atomic mass is 10.1. The van der Waals surface area contributed by atoms with Crippen molar-refractivity contribution in [2.45, 2.75) is 13.3 Å². The van der Waals surface area contributed by atoms with Crippen LogP contribution in [0.1, 0.15) is 11.1 Å². The highest BCUT2D eigenvalue weighted by Crippen LogP contribution is 2.06. The van der Waals surface area contributed by atoms with Crippen LogP contribution in [0.3, 0.4) is 0 Å². The number of rotatable bonds is 1. The van der Waals surface area contributed by atoms with E-state index in [2.05, 4.69) is 25.0 Å². The van der Waals surface area contributed by atoms with Gasteiger partial charge in [-0.3, -0.25) is 0 Å². The summed E-state index contributed by atoms with van der Waals surface area (Å²) in [5.41, 5.74) is 2.53. The van der Waals surface area contributed by atoms with Crippen LogP contribution >= 0.6 is 0 Å². The minimum atomic E-state index is 0.743. The molecule has 0 aliphatic carbocycles. The molecule has 0 spiro atoms. The smallest absolute Gasteiger partial charge is 0.0340 e. The SMILES string of the molecule is C#CCc1ccccc1C. The molecule has 0 atom stereocenters. The summed E-state index contributed by atoms with van der Waals surface area (Å²) in [6, 6.07) is 8.18.